The van der Waals surface area contributed by atoms with E-state index in [-0.39, 0.29) is 0 Å². The van der Waals surface area contributed by atoms with Crippen molar-refractivity contribution in [1.29, 1.82) is 0 Å². The molecule has 30 heavy (non-hydrogen) atoms. The summed E-state index contributed by atoms with van der Waals surface area (Å²) in [6, 6.07) is 34.3. The van der Waals surface area contributed by atoms with Crippen LogP contribution in [0.25, 0.3) is 21.9 Å². The number of hydrogen-bond donors (Lipinski definition) is 0. The number of hydrogen-bond acceptors (Lipinski definition) is 1. The van der Waals surface area contributed by atoms with E-state index in [1.54, 1.807) is 0 Å². The zero-order valence-corrected chi connectivity index (χ0v) is 17.0. The molecule has 1 aliphatic rings. The monoisotopic (exact) mass is 403 g/mol. The molecule has 142 valence electrons. The van der Waals surface area contributed by atoms with Crippen LogP contribution >= 0.6 is 11.6 Å². The molecule has 0 saturated carbocycles. The third kappa shape index (κ3) is 2.21. The Morgan fingerprint density at radius 1 is 0.633 bits per heavy atom. The molecule has 5 aromatic rings. The van der Waals surface area contributed by atoms with E-state index in [0.717, 1.165) is 21.4 Å². The van der Waals surface area contributed by atoms with E-state index < -0.39 is 5.41 Å². The Kier molecular flexibility index (Phi) is 3.81. The van der Waals surface area contributed by atoms with Crippen molar-refractivity contribution in [1.82, 2.24) is 4.98 Å². The van der Waals surface area contributed by atoms with Gasteiger partial charge < -0.3 is 0 Å². The van der Waals surface area contributed by atoms with Crippen LogP contribution in [0.4, 0.5) is 0 Å². The van der Waals surface area contributed by atoms with Crippen LogP contribution in [-0.4, -0.2) is 4.98 Å². The number of pyridine rings is 1. The number of halogens is 1. The van der Waals surface area contributed by atoms with Gasteiger partial charge in [-0.2, -0.15) is 0 Å². The van der Waals surface area contributed by atoms with Crippen molar-refractivity contribution in [2.24, 2.45) is 0 Å². The van der Waals surface area contributed by atoms with E-state index in [2.05, 4.69) is 102 Å². The van der Waals surface area contributed by atoms with Gasteiger partial charge in [-0.1, -0.05) is 90.5 Å². The van der Waals surface area contributed by atoms with Crippen molar-refractivity contribution in [3.05, 3.63) is 137 Å². The van der Waals surface area contributed by atoms with Crippen LogP contribution in [0.1, 0.15) is 22.3 Å². The molecule has 0 amide bonds. The Morgan fingerprint density at radius 2 is 1.30 bits per heavy atom. The SMILES string of the molecule is Clc1c2c(cc3ccccc13)C(c1ccccc1)(c1ccncc1)c1ccccc1-2. The Bertz CT molecular complexity index is 1350. The summed E-state index contributed by atoms with van der Waals surface area (Å²) >= 11 is 7.10. The van der Waals surface area contributed by atoms with Gasteiger partial charge in [0.15, 0.2) is 0 Å². The van der Waals surface area contributed by atoms with Gasteiger partial charge in [-0.05, 0) is 51.4 Å². The van der Waals surface area contributed by atoms with Crippen LogP contribution in [0.15, 0.2) is 109 Å². The van der Waals surface area contributed by atoms with Gasteiger partial charge in [-0.25, -0.2) is 0 Å². The van der Waals surface area contributed by atoms with Crippen LogP contribution in [0.3, 0.4) is 0 Å². The van der Waals surface area contributed by atoms with Gasteiger partial charge in [0.1, 0.15) is 0 Å². The number of aromatic nitrogens is 1. The Hall–Kier alpha value is -3.42. The predicted molar refractivity (Wildman–Crippen MR) is 124 cm³/mol. The lowest BCUT2D eigenvalue weighted by atomic mass is 9.68. The maximum atomic E-state index is 7.10. The Balaban J connectivity index is 1.86. The van der Waals surface area contributed by atoms with Crippen LogP contribution < -0.4 is 0 Å². The molecule has 0 N–H and O–H groups in total. The molecule has 4 aromatic carbocycles. The molecule has 0 spiro atoms. The zero-order chi connectivity index (χ0) is 20.1. The van der Waals surface area contributed by atoms with Crippen LogP contribution in [0.5, 0.6) is 0 Å². The molecule has 1 atom stereocenters. The van der Waals surface area contributed by atoms with Gasteiger partial charge in [0.25, 0.3) is 0 Å². The molecule has 1 heterocycles. The van der Waals surface area contributed by atoms with Gasteiger partial charge in [-0.15, -0.1) is 0 Å². The minimum atomic E-state index is -0.441. The summed E-state index contributed by atoms with van der Waals surface area (Å²) < 4.78 is 0. The first kappa shape index (κ1) is 17.4. The molecule has 0 bridgehead atoms. The molecule has 1 aromatic heterocycles. The third-order valence-electron chi connectivity index (χ3n) is 6.31. The number of benzene rings is 4. The maximum absolute atomic E-state index is 7.10. The molecule has 0 saturated heterocycles. The summed E-state index contributed by atoms with van der Waals surface area (Å²) in [5, 5.41) is 3.07. The predicted octanol–water partition coefficient (Wildman–Crippen LogP) is 7.25. The summed E-state index contributed by atoms with van der Waals surface area (Å²) in [6.45, 7) is 0. The average Bonchev–Trinajstić information content (AvgIpc) is 3.11. The highest BCUT2D eigenvalue weighted by atomic mass is 35.5. The van der Waals surface area contributed by atoms with E-state index in [1.807, 2.05) is 12.4 Å². The topological polar surface area (TPSA) is 12.9 Å². The Morgan fingerprint density at radius 3 is 2.13 bits per heavy atom. The molecule has 2 heteroatoms. The molecule has 0 radical (unpaired) electrons. The first-order chi connectivity index (χ1) is 14.8. The van der Waals surface area contributed by atoms with Crippen LogP contribution in [0, 0.1) is 0 Å². The van der Waals surface area contributed by atoms with E-state index in [1.165, 1.54) is 27.8 Å². The lowest BCUT2D eigenvalue weighted by Crippen LogP contribution is -2.28. The average molecular weight is 404 g/mol. The highest BCUT2D eigenvalue weighted by molar-refractivity contribution is 6.39. The minimum Gasteiger partial charge on any atom is -0.265 e. The van der Waals surface area contributed by atoms with E-state index in [9.17, 15) is 0 Å². The first-order valence-electron chi connectivity index (χ1n) is 10.1. The second-order valence-electron chi connectivity index (χ2n) is 7.73. The fraction of sp³-hybridized carbons (Fsp3) is 0.0357. The second-order valence-corrected chi connectivity index (χ2v) is 8.11. The van der Waals surface area contributed by atoms with Crippen molar-refractivity contribution in [2.45, 2.75) is 5.41 Å². The normalized spacial score (nSPS) is 17.0. The van der Waals surface area contributed by atoms with E-state index in [0.29, 0.717) is 0 Å². The highest BCUT2D eigenvalue weighted by Gasteiger charge is 2.47. The van der Waals surface area contributed by atoms with E-state index in [4.69, 9.17) is 11.6 Å². The molecule has 1 unspecified atom stereocenters. The number of nitrogens with zero attached hydrogens (tertiary/aromatic N) is 1. The highest BCUT2D eigenvalue weighted by Crippen LogP contribution is 2.58. The fourth-order valence-electron chi connectivity index (χ4n) is 5.11. The van der Waals surface area contributed by atoms with Crippen molar-refractivity contribution in [3.63, 3.8) is 0 Å². The van der Waals surface area contributed by atoms with Crippen LogP contribution in [-0.2, 0) is 5.41 Å². The molecule has 1 nitrogen and oxygen atoms in total. The lowest BCUT2D eigenvalue weighted by Gasteiger charge is -2.33. The third-order valence-corrected chi connectivity index (χ3v) is 6.70. The summed E-state index contributed by atoms with van der Waals surface area (Å²) in [6.07, 6.45) is 3.76. The maximum Gasteiger partial charge on any atom is 0.0715 e. The van der Waals surface area contributed by atoms with Crippen molar-refractivity contribution < 1.29 is 0 Å². The summed E-state index contributed by atoms with van der Waals surface area (Å²) in [4.78, 5) is 4.29. The Labute approximate surface area is 180 Å². The fourth-order valence-corrected chi connectivity index (χ4v) is 5.49. The summed E-state index contributed by atoms with van der Waals surface area (Å²) in [7, 11) is 0. The first-order valence-corrected chi connectivity index (χ1v) is 10.5. The molecule has 0 aliphatic heterocycles. The van der Waals surface area contributed by atoms with Crippen molar-refractivity contribution in [3.8, 4) is 11.1 Å². The van der Waals surface area contributed by atoms with Crippen molar-refractivity contribution >= 4 is 22.4 Å². The van der Waals surface area contributed by atoms with Gasteiger partial charge in [0.05, 0.1) is 10.4 Å². The number of fused-ring (bicyclic) bond motifs is 4. The molecular formula is C28H18ClN. The smallest absolute Gasteiger partial charge is 0.0715 e. The van der Waals surface area contributed by atoms with Gasteiger partial charge in [-0.3, -0.25) is 4.98 Å². The molecule has 6 rings (SSSR count). The largest absolute Gasteiger partial charge is 0.265 e. The molecule has 0 fully saturated rings. The zero-order valence-electron chi connectivity index (χ0n) is 16.2. The van der Waals surface area contributed by atoms with Gasteiger partial charge in [0.2, 0.25) is 0 Å². The molecule has 1 aliphatic carbocycles. The quantitative estimate of drug-likeness (QED) is 0.296. The van der Waals surface area contributed by atoms with E-state index >= 15 is 0 Å². The van der Waals surface area contributed by atoms with Gasteiger partial charge in [0, 0.05) is 23.3 Å². The minimum absolute atomic E-state index is 0.441. The number of rotatable bonds is 2. The van der Waals surface area contributed by atoms with Crippen molar-refractivity contribution in [2.75, 3.05) is 0 Å². The molecular weight excluding hydrogens is 386 g/mol. The summed E-state index contributed by atoms with van der Waals surface area (Å²) in [5.74, 6) is 0. The lowest BCUT2D eigenvalue weighted by molar-refractivity contribution is 0.767. The second kappa shape index (κ2) is 6.55. The summed E-state index contributed by atoms with van der Waals surface area (Å²) in [5.41, 5.74) is 6.80. The van der Waals surface area contributed by atoms with Crippen LogP contribution in [0.2, 0.25) is 5.02 Å². The van der Waals surface area contributed by atoms with Gasteiger partial charge >= 0.3 is 0 Å². The standard InChI is InChI=1S/C28H18ClN/c29-27-22-11-5-4-8-19(22)18-25-26(27)23-12-6-7-13-24(23)28(25,20-9-2-1-3-10-20)21-14-16-30-17-15-21/h1-18H.